The molecule has 2 unspecified atom stereocenters. The number of fused-ring (bicyclic) bond motifs is 1. The van der Waals surface area contributed by atoms with Crippen LogP contribution in [0.15, 0.2) is 24.3 Å². The van der Waals surface area contributed by atoms with E-state index in [1.165, 1.54) is 12.8 Å². The Morgan fingerprint density at radius 1 is 1.44 bits per heavy atom. The Hall–Kier alpha value is -1.51. The van der Waals surface area contributed by atoms with Crippen LogP contribution in [0, 0.1) is 5.92 Å². The largest absolute Gasteiger partial charge is 0.384 e. The van der Waals surface area contributed by atoms with E-state index in [9.17, 15) is 4.79 Å². The van der Waals surface area contributed by atoms with Crippen molar-refractivity contribution in [2.24, 2.45) is 5.92 Å². The topological polar surface area (TPSA) is 41.1 Å². The SMILES string of the molecule is CC(CC1CC1)NC(=O)C1CNc2ccccc21. The van der Waals surface area contributed by atoms with Crippen molar-refractivity contribution in [1.82, 2.24) is 5.32 Å². The standard InChI is InChI=1S/C15H20N2O/c1-10(8-11-6-7-11)17-15(18)13-9-16-14-5-3-2-4-12(13)14/h2-5,10-11,13,16H,6-9H2,1H3,(H,17,18). The summed E-state index contributed by atoms with van der Waals surface area (Å²) in [5.41, 5.74) is 2.24. The Morgan fingerprint density at radius 3 is 3.00 bits per heavy atom. The van der Waals surface area contributed by atoms with Crippen molar-refractivity contribution < 1.29 is 4.79 Å². The van der Waals surface area contributed by atoms with Gasteiger partial charge < -0.3 is 10.6 Å². The third-order valence-corrected chi connectivity index (χ3v) is 3.92. The fourth-order valence-corrected chi connectivity index (χ4v) is 2.77. The van der Waals surface area contributed by atoms with Crippen LogP contribution in [0.25, 0.3) is 0 Å². The molecule has 0 aromatic heterocycles. The number of hydrogen-bond donors (Lipinski definition) is 2. The average Bonchev–Trinajstić information content (AvgIpc) is 3.06. The first kappa shape index (κ1) is 11.6. The second kappa shape index (κ2) is 4.63. The molecule has 0 spiro atoms. The molecule has 96 valence electrons. The lowest BCUT2D eigenvalue weighted by Gasteiger charge is -2.17. The van der Waals surface area contributed by atoms with Crippen LogP contribution >= 0.6 is 0 Å². The van der Waals surface area contributed by atoms with Crippen LogP contribution in [0.1, 0.15) is 37.7 Å². The summed E-state index contributed by atoms with van der Waals surface area (Å²) < 4.78 is 0. The van der Waals surface area contributed by atoms with E-state index in [2.05, 4.69) is 17.6 Å². The minimum absolute atomic E-state index is 0.0251. The number of benzene rings is 1. The second-order valence-electron chi connectivity index (χ2n) is 5.61. The summed E-state index contributed by atoms with van der Waals surface area (Å²) in [5.74, 6) is 0.998. The highest BCUT2D eigenvalue weighted by atomic mass is 16.2. The van der Waals surface area contributed by atoms with Crippen molar-refractivity contribution in [2.75, 3.05) is 11.9 Å². The van der Waals surface area contributed by atoms with Gasteiger partial charge in [-0.3, -0.25) is 4.79 Å². The zero-order valence-corrected chi connectivity index (χ0v) is 10.8. The molecule has 2 N–H and O–H groups in total. The summed E-state index contributed by atoms with van der Waals surface area (Å²) in [6.45, 7) is 2.84. The van der Waals surface area contributed by atoms with Crippen LogP contribution < -0.4 is 10.6 Å². The smallest absolute Gasteiger partial charge is 0.229 e. The van der Waals surface area contributed by atoms with Gasteiger partial charge in [0.2, 0.25) is 5.91 Å². The van der Waals surface area contributed by atoms with Gasteiger partial charge in [0.1, 0.15) is 0 Å². The molecule has 1 aliphatic carbocycles. The molecule has 1 amide bonds. The molecule has 3 rings (SSSR count). The molecule has 0 bridgehead atoms. The van der Waals surface area contributed by atoms with Gasteiger partial charge in [-0.25, -0.2) is 0 Å². The normalized spacial score (nSPS) is 23.1. The van der Waals surface area contributed by atoms with Crippen LogP contribution in [0.5, 0.6) is 0 Å². The molecular weight excluding hydrogens is 224 g/mol. The molecule has 0 saturated heterocycles. The van der Waals surface area contributed by atoms with Gasteiger partial charge in [-0.05, 0) is 30.9 Å². The maximum Gasteiger partial charge on any atom is 0.229 e. The van der Waals surface area contributed by atoms with E-state index in [1.807, 2.05) is 24.3 Å². The van der Waals surface area contributed by atoms with Crippen LogP contribution in [0.2, 0.25) is 0 Å². The monoisotopic (exact) mass is 244 g/mol. The molecule has 1 aromatic rings. The minimum Gasteiger partial charge on any atom is -0.384 e. The quantitative estimate of drug-likeness (QED) is 0.854. The number of para-hydroxylation sites is 1. The lowest BCUT2D eigenvalue weighted by Crippen LogP contribution is -2.37. The molecule has 2 atom stereocenters. The highest BCUT2D eigenvalue weighted by Gasteiger charge is 2.30. The molecule has 1 aromatic carbocycles. The zero-order valence-electron chi connectivity index (χ0n) is 10.8. The summed E-state index contributed by atoms with van der Waals surface area (Å²) in [6.07, 6.45) is 3.82. The molecular formula is C15H20N2O. The third kappa shape index (κ3) is 2.35. The maximum absolute atomic E-state index is 12.3. The van der Waals surface area contributed by atoms with E-state index in [1.54, 1.807) is 0 Å². The number of amides is 1. The van der Waals surface area contributed by atoms with Crippen molar-refractivity contribution in [3.8, 4) is 0 Å². The highest BCUT2D eigenvalue weighted by Crippen LogP contribution is 2.34. The Bertz CT molecular complexity index is 454. The first-order valence-corrected chi connectivity index (χ1v) is 6.87. The summed E-state index contributed by atoms with van der Waals surface area (Å²) >= 11 is 0. The molecule has 1 heterocycles. The number of rotatable bonds is 4. The van der Waals surface area contributed by atoms with E-state index in [0.717, 1.165) is 30.1 Å². The molecule has 3 heteroatoms. The summed E-state index contributed by atoms with van der Waals surface area (Å²) in [4.78, 5) is 12.3. The van der Waals surface area contributed by atoms with Crippen molar-refractivity contribution in [3.63, 3.8) is 0 Å². The Balaban J connectivity index is 1.63. The van der Waals surface area contributed by atoms with E-state index >= 15 is 0 Å². The van der Waals surface area contributed by atoms with E-state index in [0.29, 0.717) is 6.04 Å². The van der Waals surface area contributed by atoms with Gasteiger partial charge >= 0.3 is 0 Å². The predicted molar refractivity (Wildman–Crippen MR) is 72.6 cm³/mol. The van der Waals surface area contributed by atoms with Crippen molar-refractivity contribution >= 4 is 11.6 Å². The fraction of sp³-hybridized carbons (Fsp3) is 0.533. The molecule has 1 fully saturated rings. The van der Waals surface area contributed by atoms with Crippen LogP contribution in [0.4, 0.5) is 5.69 Å². The first-order valence-electron chi connectivity index (χ1n) is 6.87. The fourth-order valence-electron chi connectivity index (χ4n) is 2.77. The van der Waals surface area contributed by atoms with Crippen LogP contribution in [-0.4, -0.2) is 18.5 Å². The van der Waals surface area contributed by atoms with E-state index in [-0.39, 0.29) is 11.8 Å². The molecule has 1 saturated carbocycles. The number of carbonyl (C=O) groups excluding carboxylic acids is 1. The van der Waals surface area contributed by atoms with Crippen LogP contribution in [-0.2, 0) is 4.79 Å². The maximum atomic E-state index is 12.3. The van der Waals surface area contributed by atoms with Gasteiger partial charge in [0.05, 0.1) is 5.92 Å². The Morgan fingerprint density at radius 2 is 2.22 bits per heavy atom. The molecule has 0 radical (unpaired) electrons. The summed E-state index contributed by atoms with van der Waals surface area (Å²) in [6, 6.07) is 8.39. The summed E-state index contributed by atoms with van der Waals surface area (Å²) in [5, 5.41) is 6.45. The number of carbonyl (C=O) groups is 1. The van der Waals surface area contributed by atoms with Crippen LogP contribution in [0.3, 0.4) is 0 Å². The van der Waals surface area contributed by atoms with Gasteiger partial charge in [0.25, 0.3) is 0 Å². The van der Waals surface area contributed by atoms with Gasteiger partial charge in [0.15, 0.2) is 0 Å². The predicted octanol–water partition coefficient (Wildman–Crippen LogP) is 2.50. The average molecular weight is 244 g/mol. The van der Waals surface area contributed by atoms with Gasteiger partial charge in [-0.2, -0.15) is 0 Å². The van der Waals surface area contributed by atoms with E-state index in [4.69, 9.17) is 0 Å². The lowest BCUT2D eigenvalue weighted by atomic mass is 10.00. The first-order chi connectivity index (χ1) is 8.74. The Labute approximate surface area is 108 Å². The minimum atomic E-state index is -0.0251. The molecule has 18 heavy (non-hydrogen) atoms. The van der Waals surface area contributed by atoms with Crippen molar-refractivity contribution in [2.45, 2.75) is 38.1 Å². The van der Waals surface area contributed by atoms with Gasteiger partial charge in [-0.15, -0.1) is 0 Å². The van der Waals surface area contributed by atoms with Gasteiger partial charge in [0, 0.05) is 18.3 Å². The number of hydrogen-bond acceptors (Lipinski definition) is 2. The van der Waals surface area contributed by atoms with Gasteiger partial charge in [-0.1, -0.05) is 31.0 Å². The zero-order chi connectivity index (χ0) is 12.5. The van der Waals surface area contributed by atoms with E-state index < -0.39 is 0 Å². The highest BCUT2D eigenvalue weighted by molar-refractivity contribution is 5.88. The Kier molecular flexibility index (Phi) is 2.98. The second-order valence-corrected chi connectivity index (χ2v) is 5.61. The van der Waals surface area contributed by atoms with Crippen molar-refractivity contribution in [1.29, 1.82) is 0 Å². The summed E-state index contributed by atoms with van der Waals surface area (Å²) in [7, 11) is 0. The molecule has 1 aliphatic heterocycles. The number of anilines is 1. The molecule has 2 aliphatic rings. The lowest BCUT2D eigenvalue weighted by molar-refractivity contribution is -0.122. The number of nitrogens with one attached hydrogen (secondary N) is 2. The third-order valence-electron chi connectivity index (χ3n) is 3.92. The molecule has 3 nitrogen and oxygen atoms in total. The van der Waals surface area contributed by atoms with Crippen molar-refractivity contribution in [3.05, 3.63) is 29.8 Å².